The first-order valence-corrected chi connectivity index (χ1v) is 10.3. The summed E-state index contributed by atoms with van der Waals surface area (Å²) >= 11 is 0. The fourth-order valence-electron chi connectivity index (χ4n) is 2.78. The lowest BCUT2D eigenvalue weighted by molar-refractivity contribution is -0.275. The first-order chi connectivity index (χ1) is 16.6. The van der Waals surface area contributed by atoms with Crippen LogP contribution in [0.1, 0.15) is 17.5 Å². The normalized spacial score (nSPS) is 14.4. The number of hydrogen-bond acceptors (Lipinski definition) is 6. The maximum absolute atomic E-state index is 12.3. The van der Waals surface area contributed by atoms with Crippen LogP contribution in [0.2, 0.25) is 0 Å². The van der Waals surface area contributed by atoms with E-state index in [0.717, 1.165) is 13.0 Å². The van der Waals surface area contributed by atoms with Crippen LogP contribution in [-0.2, 0) is 0 Å². The predicted molar refractivity (Wildman–Crippen MR) is 120 cm³/mol. The van der Waals surface area contributed by atoms with Crippen molar-refractivity contribution in [3.05, 3.63) is 71.8 Å². The Hall–Kier alpha value is -3.96. The number of hydrogen-bond donors (Lipinski definition) is 2. The molecule has 0 atom stereocenters. The number of halogens is 6. The Morgan fingerprint density at radius 1 is 0.829 bits per heavy atom. The van der Waals surface area contributed by atoms with Crippen molar-refractivity contribution in [2.24, 2.45) is 10.1 Å². The Morgan fingerprint density at radius 2 is 1.31 bits per heavy atom. The summed E-state index contributed by atoms with van der Waals surface area (Å²) in [7, 11) is 0. The topological polar surface area (TPSA) is 67.2 Å². The lowest BCUT2D eigenvalue weighted by atomic mass is 10.1. The summed E-state index contributed by atoms with van der Waals surface area (Å²) in [5, 5.41) is 7.31. The van der Waals surface area contributed by atoms with Gasteiger partial charge in [-0.3, -0.25) is 4.99 Å². The van der Waals surface area contributed by atoms with Crippen LogP contribution in [0, 0.1) is 0 Å². The molecule has 186 valence electrons. The molecule has 1 heterocycles. The molecule has 2 N–H and O–H groups in total. The van der Waals surface area contributed by atoms with Crippen molar-refractivity contribution in [3.8, 4) is 11.5 Å². The van der Waals surface area contributed by atoms with Crippen LogP contribution in [0.3, 0.4) is 0 Å². The summed E-state index contributed by atoms with van der Waals surface area (Å²) < 4.78 is 81.6. The molecule has 0 amide bonds. The van der Waals surface area contributed by atoms with E-state index in [9.17, 15) is 26.3 Å². The van der Waals surface area contributed by atoms with Crippen molar-refractivity contribution >= 4 is 23.8 Å². The minimum Gasteiger partial charge on any atom is -0.406 e. The molecule has 35 heavy (non-hydrogen) atoms. The monoisotopic (exact) mass is 498 g/mol. The van der Waals surface area contributed by atoms with E-state index in [1.54, 1.807) is 24.3 Å². The zero-order valence-electron chi connectivity index (χ0n) is 18.0. The SMILES string of the molecule is FC(F)(F)Oc1ccc(/C=C/C(/C=C/c2ccc(OC(F)(F)F)cc2)=NNC2=NCCCN2)cc1. The third kappa shape index (κ3) is 9.82. The summed E-state index contributed by atoms with van der Waals surface area (Å²) in [5.41, 5.74) is 4.38. The van der Waals surface area contributed by atoms with E-state index in [4.69, 9.17) is 0 Å². The molecular weight excluding hydrogens is 478 g/mol. The van der Waals surface area contributed by atoms with E-state index in [-0.39, 0.29) is 11.5 Å². The second kappa shape index (κ2) is 11.4. The van der Waals surface area contributed by atoms with E-state index in [0.29, 0.717) is 29.3 Å². The number of allylic oxidation sites excluding steroid dienone is 2. The quantitative estimate of drug-likeness (QED) is 0.300. The standard InChI is InChI=1S/C23H20F6N4O2/c24-22(25,26)34-19-10-4-16(5-11-19)2-8-18(32-33-21-30-14-1-15-31-21)9-3-17-6-12-20(13-7-17)35-23(27,28)29/h2-13H,1,14-15H2,(H2,30,31,33)/b8-2+,9-3+. The van der Waals surface area contributed by atoms with E-state index in [1.807, 2.05) is 0 Å². The van der Waals surface area contributed by atoms with Crippen LogP contribution >= 0.6 is 0 Å². The highest BCUT2D eigenvalue weighted by atomic mass is 19.4. The molecule has 0 bridgehead atoms. The van der Waals surface area contributed by atoms with Crippen LogP contribution in [0.4, 0.5) is 26.3 Å². The van der Waals surface area contributed by atoms with Gasteiger partial charge in [-0.25, -0.2) is 5.43 Å². The summed E-state index contributed by atoms with van der Waals surface area (Å²) in [5.74, 6) is -0.202. The first-order valence-electron chi connectivity index (χ1n) is 10.3. The van der Waals surface area contributed by atoms with Crippen LogP contribution in [0.25, 0.3) is 12.2 Å². The van der Waals surface area contributed by atoms with Gasteiger partial charge in [0, 0.05) is 13.1 Å². The first kappa shape index (κ1) is 25.7. The van der Waals surface area contributed by atoms with Crippen molar-refractivity contribution in [2.45, 2.75) is 19.1 Å². The Kier molecular flexibility index (Phi) is 8.39. The lowest BCUT2D eigenvalue weighted by Gasteiger charge is -2.13. The lowest BCUT2D eigenvalue weighted by Crippen LogP contribution is -2.38. The molecule has 12 heteroatoms. The van der Waals surface area contributed by atoms with Crippen molar-refractivity contribution in [1.29, 1.82) is 0 Å². The van der Waals surface area contributed by atoms with Gasteiger partial charge in [0.1, 0.15) is 11.5 Å². The molecule has 0 unspecified atom stereocenters. The van der Waals surface area contributed by atoms with Crippen LogP contribution < -0.4 is 20.2 Å². The molecule has 3 rings (SSSR count). The zero-order chi connectivity index (χ0) is 25.3. The van der Waals surface area contributed by atoms with E-state index < -0.39 is 12.7 Å². The molecule has 2 aromatic rings. The largest absolute Gasteiger partial charge is 0.573 e. The fourth-order valence-corrected chi connectivity index (χ4v) is 2.78. The summed E-state index contributed by atoms with van der Waals surface area (Å²) in [6, 6.07) is 10.5. The third-order valence-electron chi connectivity index (χ3n) is 4.31. The molecule has 2 aromatic carbocycles. The second-order valence-corrected chi connectivity index (χ2v) is 7.06. The summed E-state index contributed by atoms with van der Waals surface area (Å²) in [4.78, 5) is 4.24. The Morgan fingerprint density at radius 3 is 1.71 bits per heavy atom. The van der Waals surface area contributed by atoms with Crippen LogP contribution in [0.5, 0.6) is 11.5 Å². The number of nitrogens with zero attached hydrogens (tertiary/aromatic N) is 2. The van der Waals surface area contributed by atoms with Crippen molar-refractivity contribution < 1.29 is 35.8 Å². The molecule has 0 saturated carbocycles. The van der Waals surface area contributed by atoms with Gasteiger partial charge >= 0.3 is 12.7 Å². The van der Waals surface area contributed by atoms with Gasteiger partial charge in [0.2, 0.25) is 5.96 Å². The zero-order valence-corrected chi connectivity index (χ0v) is 18.0. The molecule has 0 saturated heterocycles. The molecule has 0 aliphatic carbocycles. The number of hydrazone groups is 1. The minimum atomic E-state index is -4.78. The van der Waals surface area contributed by atoms with Gasteiger partial charge in [-0.1, -0.05) is 36.4 Å². The van der Waals surface area contributed by atoms with E-state index in [2.05, 4.69) is 30.3 Å². The van der Waals surface area contributed by atoms with Gasteiger partial charge in [-0.2, -0.15) is 5.10 Å². The second-order valence-electron chi connectivity index (χ2n) is 7.06. The minimum absolute atomic E-state index is 0.343. The van der Waals surface area contributed by atoms with Crippen molar-refractivity contribution in [3.63, 3.8) is 0 Å². The Labute approximate surface area is 196 Å². The van der Waals surface area contributed by atoms with Gasteiger partial charge in [0.15, 0.2) is 0 Å². The smallest absolute Gasteiger partial charge is 0.406 e. The van der Waals surface area contributed by atoms with Crippen molar-refractivity contribution in [2.75, 3.05) is 13.1 Å². The van der Waals surface area contributed by atoms with Gasteiger partial charge in [0.05, 0.1) is 5.71 Å². The van der Waals surface area contributed by atoms with Gasteiger partial charge in [-0.15, -0.1) is 26.3 Å². The molecule has 0 spiro atoms. The number of benzene rings is 2. The average Bonchev–Trinajstić information content (AvgIpc) is 2.79. The molecule has 0 fully saturated rings. The highest BCUT2D eigenvalue weighted by Gasteiger charge is 2.31. The van der Waals surface area contributed by atoms with E-state index in [1.165, 1.54) is 48.5 Å². The number of aliphatic imine (C=N–C) groups is 1. The number of nitrogens with one attached hydrogen (secondary N) is 2. The molecule has 1 aliphatic rings. The predicted octanol–water partition coefficient (Wildman–Crippen LogP) is 5.51. The maximum Gasteiger partial charge on any atom is 0.573 e. The molecule has 0 radical (unpaired) electrons. The number of guanidine groups is 1. The summed E-state index contributed by atoms with van der Waals surface area (Å²) in [6.45, 7) is 1.38. The summed E-state index contributed by atoms with van der Waals surface area (Å²) in [6.07, 6.45) is -2.21. The third-order valence-corrected chi connectivity index (χ3v) is 4.31. The Balaban J connectivity index is 1.74. The molecular formula is C23H20F6N4O2. The van der Waals surface area contributed by atoms with Gasteiger partial charge < -0.3 is 14.8 Å². The van der Waals surface area contributed by atoms with Crippen LogP contribution in [0.15, 0.2) is 70.8 Å². The highest BCUT2D eigenvalue weighted by Crippen LogP contribution is 2.24. The van der Waals surface area contributed by atoms with Gasteiger partial charge in [-0.05, 0) is 54.0 Å². The molecule has 0 aromatic heterocycles. The Bertz CT molecular complexity index is 1020. The van der Waals surface area contributed by atoms with E-state index >= 15 is 0 Å². The highest BCUT2D eigenvalue weighted by molar-refractivity contribution is 6.09. The number of ether oxygens (including phenoxy) is 2. The van der Waals surface area contributed by atoms with Gasteiger partial charge in [0.25, 0.3) is 0 Å². The molecule has 6 nitrogen and oxygen atoms in total. The fraction of sp³-hybridized carbons (Fsp3) is 0.217. The maximum atomic E-state index is 12.3. The molecule has 1 aliphatic heterocycles. The number of rotatable bonds is 7. The number of alkyl halides is 6. The van der Waals surface area contributed by atoms with Crippen LogP contribution in [-0.4, -0.2) is 37.5 Å². The average molecular weight is 498 g/mol. The van der Waals surface area contributed by atoms with Crippen molar-refractivity contribution in [1.82, 2.24) is 10.7 Å².